The molecule has 2 aromatic carbocycles. The second kappa shape index (κ2) is 11.1. The quantitative estimate of drug-likeness (QED) is 0.295. The molecule has 5 rings (SSSR count). The van der Waals surface area contributed by atoms with Crippen LogP contribution in [0.1, 0.15) is 42.4 Å². The molecule has 2 amide bonds. The fraction of sp³-hybridized carbons (Fsp3) is 0.267. The number of amides is 2. The number of carbonyl (C=O) groups excluding carboxylic acids is 2. The maximum atomic E-state index is 14.2. The molecule has 0 radical (unpaired) electrons. The molecule has 4 aromatic rings. The number of imidazole rings is 1. The van der Waals surface area contributed by atoms with Crippen LogP contribution in [0.4, 0.5) is 24.5 Å². The third-order valence-corrected chi connectivity index (χ3v) is 7.16. The number of para-hydroxylation sites is 1. The van der Waals surface area contributed by atoms with E-state index in [-0.39, 0.29) is 17.8 Å². The van der Waals surface area contributed by atoms with Gasteiger partial charge in [0, 0.05) is 28.3 Å². The summed E-state index contributed by atoms with van der Waals surface area (Å²) in [5.74, 6) is -0.533. The summed E-state index contributed by atoms with van der Waals surface area (Å²) in [4.78, 5) is 44.2. The van der Waals surface area contributed by atoms with E-state index in [1.165, 1.54) is 12.1 Å². The second-order valence-electron chi connectivity index (χ2n) is 9.78. The monoisotopic (exact) mass is 563 g/mol. The molecular formula is C30H28F3N5O3. The van der Waals surface area contributed by atoms with E-state index in [1.807, 2.05) is 6.92 Å². The molecule has 0 spiro atoms. The van der Waals surface area contributed by atoms with Gasteiger partial charge in [-0.25, -0.2) is 9.38 Å². The van der Waals surface area contributed by atoms with Crippen molar-refractivity contribution < 1.29 is 22.8 Å². The third-order valence-electron chi connectivity index (χ3n) is 7.16. The van der Waals surface area contributed by atoms with Crippen molar-refractivity contribution in [3.8, 4) is 11.1 Å². The Hall–Kier alpha value is -4.67. The molecule has 0 saturated heterocycles. The van der Waals surface area contributed by atoms with Crippen LogP contribution in [0.3, 0.4) is 0 Å². The molecule has 2 heterocycles. The lowest BCUT2D eigenvalue weighted by Crippen LogP contribution is -2.24. The first-order valence-corrected chi connectivity index (χ1v) is 13.3. The van der Waals surface area contributed by atoms with Crippen molar-refractivity contribution in [3.05, 3.63) is 94.2 Å². The van der Waals surface area contributed by atoms with Gasteiger partial charge in [-0.15, -0.1) is 0 Å². The highest BCUT2D eigenvalue weighted by molar-refractivity contribution is 6.01. The topological polar surface area (TPSA) is 97.5 Å². The van der Waals surface area contributed by atoms with E-state index in [0.29, 0.717) is 47.5 Å². The maximum Gasteiger partial charge on any atom is 0.416 e. The normalized spacial score (nSPS) is 13.1. The van der Waals surface area contributed by atoms with Crippen molar-refractivity contribution in [2.24, 2.45) is 0 Å². The van der Waals surface area contributed by atoms with E-state index >= 15 is 0 Å². The zero-order chi connectivity index (χ0) is 29.3. The van der Waals surface area contributed by atoms with Gasteiger partial charge in [0.15, 0.2) is 0 Å². The molecule has 0 bridgehead atoms. The summed E-state index contributed by atoms with van der Waals surface area (Å²) in [7, 11) is 0. The van der Waals surface area contributed by atoms with Crippen LogP contribution < -0.4 is 16.2 Å². The van der Waals surface area contributed by atoms with Gasteiger partial charge in [-0.1, -0.05) is 31.7 Å². The lowest BCUT2D eigenvalue weighted by atomic mass is 10.00. The van der Waals surface area contributed by atoms with E-state index < -0.39 is 23.6 Å². The summed E-state index contributed by atoms with van der Waals surface area (Å²) in [5.41, 5.74) is 2.59. The minimum Gasteiger partial charge on any atom is -0.325 e. The number of alkyl halides is 3. The first-order chi connectivity index (χ1) is 19.6. The molecule has 1 aliphatic carbocycles. The highest BCUT2D eigenvalue weighted by Crippen LogP contribution is 2.32. The van der Waals surface area contributed by atoms with E-state index in [0.717, 1.165) is 42.4 Å². The predicted octanol–water partition coefficient (Wildman–Crippen LogP) is 5.39. The van der Waals surface area contributed by atoms with Crippen molar-refractivity contribution in [2.75, 3.05) is 10.6 Å². The zero-order valence-corrected chi connectivity index (χ0v) is 22.3. The number of aryl methyl sites for hydroxylation is 2. The molecule has 212 valence electrons. The lowest BCUT2D eigenvalue weighted by molar-refractivity contribution is -0.137. The molecule has 0 aliphatic heterocycles. The predicted molar refractivity (Wildman–Crippen MR) is 150 cm³/mol. The zero-order valence-electron chi connectivity index (χ0n) is 22.3. The first-order valence-electron chi connectivity index (χ1n) is 13.3. The SMILES string of the molecule is C=CC(=O)Nc1ccccc1-c1c(CC)nc2n(CC(=O)Nc3ccc(C(F)(F)F)cc3)c3c(n2c1=O)CCCC3. The molecule has 11 heteroatoms. The summed E-state index contributed by atoms with van der Waals surface area (Å²) < 4.78 is 42.0. The van der Waals surface area contributed by atoms with Crippen LogP contribution in [0.2, 0.25) is 0 Å². The third kappa shape index (κ3) is 5.39. The number of fused-ring (bicyclic) bond motifs is 3. The molecule has 2 N–H and O–H groups in total. The average molecular weight is 564 g/mol. The van der Waals surface area contributed by atoms with Gasteiger partial charge in [0.25, 0.3) is 5.56 Å². The van der Waals surface area contributed by atoms with Crippen molar-refractivity contribution in [1.82, 2.24) is 14.0 Å². The molecule has 2 aromatic heterocycles. The van der Waals surface area contributed by atoms with Gasteiger partial charge in [0.1, 0.15) is 6.54 Å². The Bertz CT molecular complexity index is 1720. The molecule has 0 fully saturated rings. The van der Waals surface area contributed by atoms with Crippen molar-refractivity contribution >= 4 is 29.0 Å². The molecule has 41 heavy (non-hydrogen) atoms. The summed E-state index contributed by atoms with van der Waals surface area (Å²) in [6, 6.07) is 11.2. The number of hydrogen-bond donors (Lipinski definition) is 2. The van der Waals surface area contributed by atoms with Crippen molar-refractivity contribution in [2.45, 2.75) is 51.7 Å². The number of rotatable bonds is 7. The minimum atomic E-state index is -4.47. The maximum absolute atomic E-state index is 14.2. The Kier molecular flexibility index (Phi) is 7.53. The number of hydrogen-bond acceptors (Lipinski definition) is 4. The Morgan fingerprint density at radius 2 is 1.71 bits per heavy atom. The summed E-state index contributed by atoms with van der Waals surface area (Å²) in [5, 5.41) is 5.41. The van der Waals surface area contributed by atoms with Gasteiger partial charge in [-0.2, -0.15) is 13.2 Å². The van der Waals surface area contributed by atoms with Crippen LogP contribution in [0.25, 0.3) is 16.9 Å². The van der Waals surface area contributed by atoms with Crippen LogP contribution in [0.15, 0.2) is 66.0 Å². The summed E-state index contributed by atoms with van der Waals surface area (Å²) in [6.07, 6.45) is 0.111. The number of benzene rings is 2. The number of aromatic nitrogens is 3. The standard InChI is InChI=1S/C30H28F3N5O3/c1-3-21-27(20-9-5-6-10-22(20)35-25(39)4-2)28(41)38-24-12-8-7-11-23(24)37(29(38)36-21)17-26(40)34-19-15-13-18(14-16-19)30(31,32)33/h4-6,9-10,13-16H,2-3,7-8,11-12,17H2,1H3,(H,34,40)(H,35,39). The van der Waals surface area contributed by atoms with Crippen LogP contribution >= 0.6 is 0 Å². The van der Waals surface area contributed by atoms with Gasteiger partial charge in [-0.3, -0.25) is 14.4 Å². The number of carbonyl (C=O) groups is 2. The fourth-order valence-corrected chi connectivity index (χ4v) is 5.28. The number of anilines is 2. The Labute approximate surface area is 233 Å². The highest BCUT2D eigenvalue weighted by atomic mass is 19.4. The molecule has 0 atom stereocenters. The second-order valence-corrected chi connectivity index (χ2v) is 9.78. The molecule has 1 aliphatic rings. The smallest absolute Gasteiger partial charge is 0.325 e. The summed E-state index contributed by atoms with van der Waals surface area (Å²) >= 11 is 0. The molecule has 0 saturated carbocycles. The van der Waals surface area contributed by atoms with E-state index in [9.17, 15) is 27.6 Å². The van der Waals surface area contributed by atoms with E-state index in [2.05, 4.69) is 17.2 Å². The van der Waals surface area contributed by atoms with Crippen molar-refractivity contribution in [1.29, 1.82) is 0 Å². The van der Waals surface area contributed by atoms with Gasteiger partial charge in [-0.05, 0) is 68.5 Å². The minimum absolute atomic E-state index is 0.166. The Morgan fingerprint density at radius 3 is 2.37 bits per heavy atom. The average Bonchev–Trinajstić information content (AvgIpc) is 3.26. The van der Waals surface area contributed by atoms with Crippen LogP contribution in [-0.4, -0.2) is 25.8 Å². The van der Waals surface area contributed by atoms with Crippen LogP contribution in [0.5, 0.6) is 0 Å². The largest absolute Gasteiger partial charge is 0.416 e. The lowest BCUT2D eigenvalue weighted by Gasteiger charge is -2.14. The fourth-order valence-electron chi connectivity index (χ4n) is 5.28. The number of halogens is 3. The Balaban J connectivity index is 1.58. The van der Waals surface area contributed by atoms with Gasteiger partial charge < -0.3 is 15.2 Å². The molecular weight excluding hydrogens is 535 g/mol. The van der Waals surface area contributed by atoms with E-state index in [1.54, 1.807) is 33.2 Å². The van der Waals surface area contributed by atoms with Gasteiger partial charge >= 0.3 is 6.18 Å². The van der Waals surface area contributed by atoms with Crippen LogP contribution in [-0.2, 0) is 41.6 Å². The number of nitrogens with zero attached hydrogens (tertiary/aromatic N) is 3. The highest BCUT2D eigenvalue weighted by Gasteiger charge is 2.30. The molecule has 0 unspecified atom stereocenters. The first kappa shape index (κ1) is 27.9. The van der Waals surface area contributed by atoms with Gasteiger partial charge in [0.2, 0.25) is 17.6 Å². The van der Waals surface area contributed by atoms with Gasteiger partial charge in [0.05, 0.1) is 16.8 Å². The Morgan fingerprint density at radius 1 is 1.02 bits per heavy atom. The van der Waals surface area contributed by atoms with Crippen LogP contribution in [0, 0.1) is 0 Å². The number of nitrogens with one attached hydrogen (secondary N) is 2. The van der Waals surface area contributed by atoms with E-state index in [4.69, 9.17) is 4.98 Å². The van der Waals surface area contributed by atoms with Crippen molar-refractivity contribution in [3.63, 3.8) is 0 Å². The molecule has 8 nitrogen and oxygen atoms in total. The summed E-state index contributed by atoms with van der Waals surface area (Å²) in [6.45, 7) is 5.20.